The summed E-state index contributed by atoms with van der Waals surface area (Å²) < 4.78 is 41.6. The number of benzene rings is 2. The lowest BCUT2D eigenvalue weighted by Crippen LogP contribution is -2.40. The van der Waals surface area contributed by atoms with Crippen molar-refractivity contribution in [2.45, 2.75) is 64.7 Å². The Morgan fingerprint density at radius 1 is 1.02 bits per heavy atom. The zero-order valence-electron chi connectivity index (χ0n) is 27.2. The summed E-state index contributed by atoms with van der Waals surface area (Å²) >= 11 is 14.8. The molecular formula is C34H36Cl2F3N7O2S. The number of alkyl halides is 3. The second kappa shape index (κ2) is 13.0. The van der Waals surface area contributed by atoms with Crippen LogP contribution in [-0.2, 0) is 13.6 Å². The molecule has 2 saturated carbocycles. The smallest absolute Gasteiger partial charge is 0.370 e. The standard InChI is InChI=1S/C34H36Cl2F3N7O2S/c1-16-30(49-17(2)41-16)32(48)40-13-18-4-9-24(35)29(28(18)36)44-33-43-25-11-23(31(47)42-22-7-5-21(6-8-22)34(37,38)39)26(12-27(25)45(33)3)46-14-19-10-20(19)15-46/h4,9,11-12,19-22H,5-8,10,13-15H2,1-3H3,(H,40,48)(H,42,47)(H,43,44)/t19?,20?,21-,22-. The minimum atomic E-state index is -4.21. The summed E-state index contributed by atoms with van der Waals surface area (Å²) in [5.41, 5.74) is 4.33. The molecule has 1 saturated heterocycles. The molecule has 9 nitrogen and oxygen atoms in total. The Hall–Kier alpha value is -3.55. The number of halogens is 5. The Morgan fingerprint density at radius 3 is 2.39 bits per heavy atom. The minimum Gasteiger partial charge on any atom is -0.370 e. The Balaban J connectivity index is 1.14. The number of imidazole rings is 1. The van der Waals surface area contributed by atoms with E-state index < -0.39 is 12.1 Å². The summed E-state index contributed by atoms with van der Waals surface area (Å²) in [5, 5.41) is 10.7. The molecule has 2 amide bonds. The van der Waals surface area contributed by atoms with Gasteiger partial charge >= 0.3 is 6.18 Å². The monoisotopic (exact) mass is 733 g/mol. The maximum atomic E-state index is 13.8. The molecule has 1 aliphatic heterocycles. The van der Waals surface area contributed by atoms with E-state index in [-0.39, 0.29) is 50.1 Å². The highest BCUT2D eigenvalue weighted by molar-refractivity contribution is 7.13. The van der Waals surface area contributed by atoms with Gasteiger partial charge in [0.05, 0.1) is 54.6 Å². The van der Waals surface area contributed by atoms with E-state index in [9.17, 15) is 22.8 Å². The lowest BCUT2D eigenvalue weighted by Gasteiger charge is -2.31. The second-order valence-electron chi connectivity index (χ2n) is 13.4. The largest absolute Gasteiger partial charge is 0.391 e. The molecule has 49 heavy (non-hydrogen) atoms. The number of carbonyl (C=O) groups is 2. The van der Waals surface area contributed by atoms with Gasteiger partial charge in [0, 0.05) is 32.7 Å². The average Bonchev–Trinajstić information content (AvgIpc) is 3.33. The van der Waals surface area contributed by atoms with Crippen LogP contribution in [0.1, 0.15) is 68.4 Å². The second-order valence-corrected chi connectivity index (χ2v) is 15.4. The first-order chi connectivity index (χ1) is 23.3. The van der Waals surface area contributed by atoms with Crippen LogP contribution in [0.5, 0.6) is 0 Å². The molecule has 2 aliphatic carbocycles. The number of thiazole rings is 1. The Bertz CT molecular complexity index is 1940. The van der Waals surface area contributed by atoms with Gasteiger partial charge in [-0.25, -0.2) is 9.97 Å². The Kier molecular flexibility index (Phi) is 8.98. The van der Waals surface area contributed by atoms with Gasteiger partial charge in [-0.05, 0) is 81.5 Å². The van der Waals surface area contributed by atoms with Gasteiger partial charge in [-0.2, -0.15) is 13.2 Å². The first-order valence-electron chi connectivity index (χ1n) is 16.4. The number of piperidine rings is 1. The summed E-state index contributed by atoms with van der Waals surface area (Å²) in [4.78, 5) is 38.5. The number of hydrogen-bond donors (Lipinski definition) is 3. The van der Waals surface area contributed by atoms with E-state index in [1.807, 2.05) is 24.6 Å². The summed E-state index contributed by atoms with van der Waals surface area (Å²) in [6.07, 6.45) is -2.43. The van der Waals surface area contributed by atoms with E-state index in [0.717, 1.165) is 29.3 Å². The predicted molar refractivity (Wildman–Crippen MR) is 186 cm³/mol. The average molecular weight is 735 g/mol. The molecule has 0 radical (unpaired) electrons. The van der Waals surface area contributed by atoms with Gasteiger partial charge < -0.3 is 25.4 Å². The van der Waals surface area contributed by atoms with Gasteiger partial charge in [0.25, 0.3) is 11.8 Å². The number of aryl methyl sites for hydroxylation is 3. The van der Waals surface area contributed by atoms with Crippen LogP contribution in [0.15, 0.2) is 24.3 Å². The Labute approximate surface area is 295 Å². The summed E-state index contributed by atoms with van der Waals surface area (Å²) in [7, 11) is 1.85. The molecule has 3 fully saturated rings. The normalized spacial score (nSPS) is 21.9. The lowest BCUT2D eigenvalue weighted by atomic mass is 9.85. The zero-order valence-corrected chi connectivity index (χ0v) is 29.5. The van der Waals surface area contributed by atoms with Gasteiger partial charge in [-0.15, -0.1) is 11.3 Å². The number of anilines is 3. The molecule has 2 aromatic heterocycles. The fourth-order valence-corrected chi connectivity index (χ4v) is 8.53. The maximum Gasteiger partial charge on any atom is 0.391 e. The fourth-order valence-electron chi connectivity index (χ4n) is 7.16. The van der Waals surface area contributed by atoms with E-state index in [1.54, 1.807) is 25.1 Å². The Morgan fingerprint density at radius 2 is 1.73 bits per heavy atom. The zero-order chi connectivity index (χ0) is 34.8. The highest BCUT2D eigenvalue weighted by Gasteiger charge is 2.46. The molecule has 0 spiro atoms. The predicted octanol–water partition coefficient (Wildman–Crippen LogP) is 7.93. The first-order valence-corrected chi connectivity index (χ1v) is 17.9. The van der Waals surface area contributed by atoms with Crippen LogP contribution >= 0.6 is 34.5 Å². The van der Waals surface area contributed by atoms with Crippen LogP contribution in [0.2, 0.25) is 10.0 Å². The molecule has 3 aliphatic rings. The topological polar surface area (TPSA) is 104 Å². The molecule has 260 valence electrons. The first kappa shape index (κ1) is 33.9. The van der Waals surface area contributed by atoms with Crippen molar-refractivity contribution in [2.75, 3.05) is 23.3 Å². The third-order valence-corrected chi connectivity index (χ3v) is 11.9. The van der Waals surface area contributed by atoms with Gasteiger partial charge in [-0.3, -0.25) is 9.59 Å². The van der Waals surface area contributed by atoms with Crippen LogP contribution in [0.25, 0.3) is 11.0 Å². The van der Waals surface area contributed by atoms with Crippen molar-refractivity contribution in [3.63, 3.8) is 0 Å². The van der Waals surface area contributed by atoms with Crippen LogP contribution < -0.4 is 20.9 Å². The molecule has 3 heterocycles. The van der Waals surface area contributed by atoms with Crippen molar-refractivity contribution < 1.29 is 22.8 Å². The SMILES string of the molecule is Cc1nc(C)c(C(=O)NCc2ccc(Cl)c(Nc3nc4cc(C(=O)N[C@H]5CC[C@H](C(F)(F)F)CC5)c(N5CC6CC6C5)cc4n3C)c2Cl)s1. The highest BCUT2D eigenvalue weighted by Crippen LogP contribution is 2.47. The third kappa shape index (κ3) is 6.81. The molecule has 7 rings (SSSR count). The van der Waals surface area contributed by atoms with E-state index in [2.05, 4.69) is 25.8 Å². The number of rotatable bonds is 8. The molecule has 2 aromatic carbocycles. The fraction of sp³-hybridized carbons (Fsp3) is 0.471. The van der Waals surface area contributed by atoms with Gasteiger partial charge in [0.15, 0.2) is 0 Å². The van der Waals surface area contributed by atoms with Crippen LogP contribution in [0, 0.1) is 31.6 Å². The number of nitrogens with one attached hydrogen (secondary N) is 3. The maximum absolute atomic E-state index is 13.8. The molecule has 2 atom stereocenters. The van der Waals surface area contributed by atoms with E-state index >= 15 is 0 Å². The quantitative estimate of drug-likeness (QED) is 0.170. The molecular weight excluding hydrogens is 698 g/mol. The highest BCUT2D eigenvalue weighted by atomic mass is 35.5. The number of hydrogen-bond acceptors (Lipinski definition) is 7. The van der Waals surface area contributed by atoms with Gasteiger partial charge in [0.1, 0.15) is 4.88 Å². The van der Waals surface area contributed by atoms with Crippen LogP contribution in [0.4, 0.5) is 30.5 Å². The number of carbonyl (C=O) groups excluding carboxylic acids is 2. The molecule has 3 N–H and O–H groups in total. The minimum absolute atomic E-state index is 0.00919. The van der Waals surface area contributed by atoms with Crippen molar-refractivity contribution in [3.8, 4) is 0 Å². The summed E-state index contributed by atoms with van der Waals surface area (Å²) in [6, 6.07) is 6.85. The van der Waals surface area contributed by atoms with Gasteiger partial charge in [-0.1, -0.05) is 29.3 Å². The number of fused-ring (bicyclic) bond motifs is 2. The van der Waals surface area contributed by atoms with Crippen molar-refractivity contribution in [1.82, 2.24) is 25.2 Å². The van der Waals surface area contributed by atoms with Crippen molar-refractivity contribution in [1.29, 1.82) is 0 Å². The van der Waals surface area contributed by atoms with Crippen molar-refractivity contribution in [3.05, 3.63) is 61.0 Å². The molecule has 0 bridgehead atoms. The van der Waals surface area contributed by atoms with E-state index in [1.165, 1.54) is 17.8 Å². The molecule has 2 unspecified atom stereocenters. The summed E-state index contributed by atoms with van der Waals surface area (Å²) in [5.74, 6) is -0.193. The van der Waals surface area contributed by atoms with Crippen molar-refractivity contribution in [2.24, 2.45) is 24.8 Å². The number of aromatic nitrogens is 3. The van der Waals surface area contributed by atoms with Crippen LogP contribution in [-0.4, -0.2) is 51.7 Å². The van der Waals surface area contributed by atoms with E-state index in [4.69, 9.17) is 28.2 Å². The van der Waals surface area contributed by atoms with E-state index in [0.29, 0.717) is 60.7 Å². The number of amides is 2. The third-order valence-electron chi connectivity index (χ3n) is 10.0. The molecule has 15 heteroatoms. The number of nitrogens with zero attached hydrogens (tertiary/aromatic N) is 4. The van der Waals surface area contributed by atoms with Crippen molar-refractivity contribution >= 4 is 74.7 Å². The van der Waals surface area contributed by atoms with Gasteiger partial charge in [0.2, 0.25) is 5.95 Å². The van der Waals surface area contributed by atoms with Crippen LogP contribution in [0.3, 0.4) is 0 Å². The molecule has 4 aromatic rings. The summed E-state index contributed by atoms with van der Waals surface area (Å²) in [6.45, 7) is 5.52. The lowest BCUT2D eigenvalue weighted by molar-refractivity contribution is -0.182.